The van der Waals surface area contributed by atoms with E-state index in [9.17, 15) is 14.4 Å². The van der Waals surface area contributed by atoms with Gasteiger partial charge in [0.25, 0.3) is 11.8 Å². The van der Waals surface area contributed by atoms with Crippen molar-refractivity contribution in [1.29, 1.82) is 0 Å². The second-order valence-electron chi connectivity index (χ2n) is 8.27. The molecule has 5 rings (SSSR count). The third-order valence-electron chi connectivity index (χ3n) is 5.99. The topological polar surface area (TPSA) is 108 Å². The van der Waals surface area contributed by atoms with Gasteiger partial charge in [0.05, 0.1) is 16.9 Å². The minimum Gasteiger partial charge on any atom is -0.467 e. The first kappa shape index (κ1) is 21.2. The lowest BCUT2D eigenvalue weighted by Gasteiger charge is -2.23. The van der Waals surface area contributed by atoms with Crippen molar-refractivity contribution in [3.63, 3.8) is 0 Å². The highest BCUT2D eigenvalue weighted by atomic mass is 32.1. The number of nitrogens with one attached hydrogen (secondary N) is 1. The number of rotatable bonds is 5. The molecule has 0 aliphatic carbocycles. The largest absolute Gasteiger partial charge is 0.467 e. The van der Waals surface area contributed by atoms with Crippen LogP contribution < -0.4 is 5.32 Å². The Morgan fingerprint density at radius 2 is 2.12 bits per heavy atom. The highest BCUT2D eigenvalue weighted by molar-refractivity contribution is 7.12. The van der Waals surface area contributed by atoms with Crippen molar-refractivity contribution >= 4 is 34.9 Å². The van der Waals surface area contributed by atoms with Crippen LogP contribution in [0.15, 0.2) is 55.9 Å². The molecule has 33 heavy (non-hydrogen) atoms. The SMILES string of the molecule is Cc1cc(C2(C)NC(=O)N(CC(=O)N3N=C(c4cccs4)CC3c3ccco3)C2=O)c(C)o1. The standard InChI is InChI=1S/C23H22N4O5S/c1-13-10-15(14(2)32-13)23(3)21(29)26(22(30)24-23)12-20(28)27-17(18-6-4-8-31-18)11-16(25-27)19-7-5-9-33-19/h4-10,17H,11-12H2,1-3H3,(H,24,30). The zero-order valence-electron chi connectivity index (χ0n) is 18.3. The maximum absolute atomic E-state index is 13.3. The van der Waals surface area contributed by atoms with Crippen molar-refractivity contribution in [3.8, 4) is 0 Å². The van der Waals surface area contributed by atoms with E-state index in [1.807, 2.05) is 17.5 Å². The molecule has 3 aromatic heterocycles. The molecule has 170 valence electrons. The summed E-state index contributed by atoms with van der Waals surface area (Å²) in [5.41, 5.74) is 0.0166. The Morgan fingerprint density at radius 1 is 1.30 bits per heavy atom. The quantitative estimate of drug-likeness (QED) is 0.577. The lowest BCUT2D eigenvalue weighted by Crippen LogP contribution is -2.43. The Labute approximate surface area is 193 Å². The average molecular weight is 467 g/mol. The Balaban J connectivity index is 1.41. The first-order chi connectivity index (χ1) is 15.8. The van der Waals surface area contributed by atoms with E-state index in [0.717, 1.165) is 15.5 Å². The van der Waals surface area contributed by atoms with Gasteiger partial charge in [-0.05, 0) is 50.4 Å². The molecule has 5 heterocycles. The van der Waals surface area contributed by atoms with Crippen LogP contribution in [0.25, 0.3) is 0 Å². The summed E-state index contributed by atoms with van der Waals surface area (Å²) in [7, 11) is 0. The van der Waals surface area contributed by atoms with Gasteiger partial charge in [0.2, 0.25) is 0 Å². The third-order valence-corrected chi connectivity index (χ3v) is 6.91. The molecule has 0 aromatic carbocycles. The monoisotopic (exact) mass is 466 g/mol. The minimum absolute atomic E-state index is 0.436. The van der Waals surface area contributed by atoms with E-state index in [4.69, 9.17) is 8.83 Å². The number of imide groups is 1. The van der Waals surface area contributed by atoms with Gasteiger partial charge in [0, 0.05) is 12.0 Å². The zero-order valence-corrected chi connectivity index (χ0v) is 19.1. The Hall–Kier alpha value is -3.66. The van der Waals surface area contributed by atoms with Crippen molar-refractivity contribution < 1.29 is 23.2 Å². The van der Waals surface area contributed by atoms with E-state index in [-0.39, 0.29) is 0 Å². The molecule has 4 amide bonds. The second kappa shape index (κ2) is 7.73. The zero-order chi connectivity index (χ0) is 23.3. The van der Waals surface area contributed by atoms with E-state index in [0.29, 0.717) is 29.3 Å². The van der Waals surface area contributed by atoms with Crippen molar-refractivity contribution in [2.24, 2.45) is 5.10 Å². The Kier molecular flexibility index (Phi) is 4.97. The van der Waals surface area contributed by atoms with Gasteiger partial charge < -0.3 is 14.2 Å². The molecule has 0 bridgehead atoms. The highest BCUT2D eigenvalue weighted by Gasteiger charge is 2.51. The van der Waals surface area contributed by atoms with Gasteiger partial charge >= 0.3 is 6.03 Å². The maximum Gasteiger partial charge on any atom is 0.325 e. The van der Waals surface area contributed by atoms with Crippen LogP contribution in [0, 0.1) is 13.8 Å². The molecular weight excluding hydrogens is 444 g/mol. The molecule has 0 saturated carbocycles. The highest BCUT2D eigenvalue weighted by Crippen LogP contribution is 2.36. The van der Waals surface area contributed by atoms with Crippen LogP contribution in [0.2, 0.25) is 0 Å². The van der Waals surface area contributed by atoms with Crippen LogP contribution in [0.4, 0.5) is 4.79 Å². The van der Waals surface area contributed by atoms with E-state index in [1.54, 1.807) is 45.2 Å². The molecule has 2 unspecified atom stereocenters. The number of furan rings is 2. The van der Waals surface area contributed by atoms with Crippen molar-refractivity contribution in [3.05, 3.63) is 69.7 Å². The molecule has 3 aromatic rings. The maximum atomic E-state index is 13.3. The molecule has 2 aliphatic heterocycles. The molecule has 0 radical (unpaired) electrons. The number of urea groups is 1. The summed E-state index contributed by atoms with van der Waals surface area (Å²) in [6.07, 6.45) is 2.02. The van der Waals surface area contributed by atoms with Crippen molar-refractivity contribution in [2.75, 3.05) is 6.54 Å². The second-order valence-corrected chi connectivity index (χ2v) is 9.22. The number of carbonyl (C=O) groups excluding carboxylic acids is 3. The molecule has 1 N–H and O–H groups in total. The summed E-state index contributed by atoms with van der Waals surface area (Å²) in [5, 5.41) is 10.5. The summed E-state index contributed by atoms with van der Waals surface area (Å²) < 4.78 is 11.1. The molecule has 1 saturated heterocycles. The third kappa shape index (κ3) is 3.46. The molecular formula is C23H22N4O5S. The first-order valence-corrected chi connectivity index (χ1v) is 11.3. The van der Waals surface area contributed by atoms with E-state index < -0.39 is 36.0 Å². The summed E-state index contributed by atoms with van der Waals surface area (Å²) in [6, 6.07) is 8.04. The van der Waals surface area contributed by atoms with Gasteiger partial charge in [-0.3, -0.25) is 14.5 Å². The van der Waals surface area contributed by atoms with Crippen LogP contribution in [-0.4, -0.2) is 40.0 Å². The Morgan fingerprint density at radius 3 is 2.76 bits per heavy atom. The van der Waals surface area contributed by atoms with Gasteiger partial charge in [0.15, 0.2) is 0 Å². The van der Waals surface area contributed by atoms with Gasteiger partial charge in [-0.1, -0.05) is 6.07 Å². The van der Waals surface area contributed by atoms with E-state index >= 15 is 0 Å². The van der Waals surface area contributed by atoms with Crippen LogP contribution in [0.3, 0.4) is 0 Å². The van der Waals surface area contributed by atoms with Gasteiger partial charge in [-0.25, -0.2) is 9.80 Å². The van der Waals surface area contributed by atoms with E-state index in [1.165, 1.54) is 16.3 Å². The Bertz CT molecular complexity index is 1260. The predicted octanol–water partition coefficient (Wildman–Crippen LogP) is 3.70. The molecule has 9 nitrogen and oxygen atoms in total. The lowest BCUT2D eigenvalue weighted by atomic mass is 9.92. The predicted molar refractivity (Wildman–Crippen MR) is 120 cm³/mol. The van der Waals surface area contributed by atoms with Crippen LogP contribution in [-0.2, 0) is 15.1 Å². The fourth-order valence-electron chi connectivity index (χ4n) is 4.39. The number of amides is 4. The number of hydrazone groups is 1. The van der Waals surface area contributed by atoms with Crippen LogP contribution in [0.5, 0.6) is 0 Å². The summed E-state index contributed by atoms with van der Waals surface area (Å²) in [5.74, 6) is 0.774. The van der Waals surface area contributed by atoms with Gasteiger partial charge in [-0.2, -0.15) is 5.10 Å². The number of carbonyl (C=O) groups is 3. The molecule has 1 fully saturated rings. The fraction of sp³-hybridized carbons (Fsp3) is 0.304. The molecule has 2 aliphatic rings. The minimum atomic E-state index is -1.31. The van der Waals surface area contributed by atoms with E-state index in [2.05, 4.69) is 10.4 Å². The fourth-order valence-corrected chi connectivity index (χ4v) is 5.11. The summed E-state index contributed by atoms with van der Waals surface area (Å²) in [6.45, 7) is 4.69. The average Bonchev–Trinajstić information content (AvgIpc) is 3.57. The number of thiophene rings is 1. The van der Waals surface area contributed by atoms with Gasteiger partial charge in [0.1, 0.15) is 35.4 Å². The van der Waals surface area contributed by atoms with Gasteiger partial charge in [-0.15, -0.1) is 11.3 Å². The van der Waals surface area contributed by atoms with Crippen LogP contribution >= 0.6 is 11.3 Å². The molecule has 0 spiro atoms. The first-order valence-electron chi connectivity index (χ1n) is 10.5. The number of nitrogens with zero attached hydrogens (tertiary/aromatic N) is 3. The molecule has 2 atom stereocenters. The number of hydrogen-bond acceptors (Lipinski definition) is 7. The van der Waals surface area contributed by atoms with Crippen LogP contribution in [0.1, 0.15) is 47.1 Å². The lowest BCUT2D eigenvalue weighted by molar-refractivity contribution is -0.140. The smallest absolute Gasteiger partial charge is 0.325 e. The summed E-state index contributed by atoms with van der Waals surface area (Å²) in [4.78, 5) is 41.2. The normalized spacial score (nSPS) is 22.8. The van der Waals surface area contributed by atoms with Crippen molar-refractivity contribution in [2.45, 2.75) is 38.8 Å². The summed E-state index contributed by atoms with van der Waals surface area (Å²) >= 11 is 1.53. The molecule has 10 heteroatoms. The number of hydrogen-bond donors (Lipinski definition) is 1. The number of aryl methyl sites for hydroxylation is 2. The van der Waals surface area contributed by atoms with Crippen molar-refractivity contribution in [1.82, 2.24) is 15.2 Å².